The third-order valence-corrected chi connectivity index (χ3v) is 9.83. The van der Waals surface area contributed by atoms with Gasteiger partial charge < -0.3 is 4.90 Å². The molecule has 0 aliphatic carbocycles. The molecule has 1 unspecified atom stereocenters. The van der Waals surface area contributed by atoms with E-state index in [0.717, 1.165) is 33.5 Å². The summed E-state index contributed by atoms with van der Waals surface area (Å²) in [4.78, 5) is 55.4. The van der Waals surface area contributed by atoms with Gasteiger partial charge in [0.1, 0.15) is 23.3 Å². The molecule has 3 aliphatic rings. The second kappa shape index (κ2) is 12.8. The number of anilines is 2. The number of aromatic nitrogens is 4. The number of hydrogen-bond acceptors (Lipinski definition) is 8. The molecule has 3 aliphatic heterocycles. The monoisotopic (exact) mass is 714 g/mol. The van der Waals surface area contributed by atoms with E-state index in [1.807, 2.05) is 29.2 Å². The summed E-state index contributed by atoms with van der Waals surface area (Å²) in [5.74, 6) is -0.978. The van der Waals surface area contributed by atoms with Crippen LogP contribution in [0.2, 0.25) is 5.15 Å². The summed E-state index contributed by atoms with van der Waals surface area (Å²) >= 11 is 5.87. The maximum Gasteiger partial charge on any atom is 0.433 e. The van der Waals surface area contributed by atoms with E-state index in [1.165, 1.54) is 22.0 Å². The number of imidazole rings is 1. The fourth-order valence-electron chi connectivity index (χ4n) is 7.09. The SMILES string of the molecule is O=C1CCC(N2C(=O)c3cccc4c(Cc5ccc(CN6CCN(c7cc(C(F)(F)F)nc(-n8cnc(Cl)c8)n7)CC6)cc5)ccc2c34)C(=O)N1. The molecule has 11 nitrogen and oxygen atoms in total. The van der Waals surface area contributed by atoms with Crippen molar-refractivity contribution in [2.75, 3.05) is 36.0 Å². The van der Waals surface area contributed by atoms with Crippen molar-refractivity contribution in [2.45, 2.75) is 38.0 Å². The van der Waals surface area contributed by atoms with Crippen LogP contribution in [-0.4, -0.2) is 74.4 Å². The highest BCUT2D eigenvalue weighted by Gasteiger charge is 2.41. The van der Waals surface area contributed by atoms with Crippen molar-refractivity contribution in [3.8, 4) is 5.95 Å². The summed E-state index contributed by atoms with van der Waals surface area (Å²) in [6, 6.07) is 18.1. The van der Waals surface area contributed by atoms with Gasteiger partial charge >= 0.3 is 6.18 Å². The smallest absolute Gasteiger partial charge is 0.354 e. The minimum atomic E-state index is -4.64. The fourth-order valence-corrected chi connectivity index (χ4v) is 7.24. The van der Waals surface area contributed by atoms with E-state index in [-0.39, 0.29) is 41.6 Å². The minimum absolute atomic E-state index is 0.123. The van der Waals surface area contributed by atoms with Gasteiger partial charge in [0, 0.05) is 56.2 Å². The van der Waals surface area contributed by atoms with Crippen LogP contribution in [0.1, 0.15) is 45.6 Å². The fraction of sp³-hybridized carbons (Fsp3) is 0.278. The molecule has 8 rings (SSSR count). The molecule has 260 valence electrons. The average molecular weight is 715 g/mol. The van der Waals surface area contributed by atoms with Crippen LogP contribution in [0, 0.1) is 0 Å². The van der Waals surface area contributed by atoms with Crippen molar-refractivity contribution in [2.24, 2.45) is 0 Å². The predicted octanol–water partition coefficient (Wildman–Crippen LogP) is 5.17. The summed E-state index contributed by atoms with van der Waals surface area (Å²) in [7, 11) is 0. The molecular weight excluding hydrogens is 685 g/mol. The number of carbonyl (C=O) groups excluding carboxylic acids is 3. The number of imide groups is 1. The highest BCUT2D eigenvalue weighted by Crippen LogP contribution is 2.41. The topological polar surface area (TPSA) is 117 Å². The first-order valence-corrected chi connectivity index (χ1v) is 16.8. The number of rotatable bonds is 7. The number of halogens is 4. The van der Waals surface area contributed by atoms with Crippen molar-refractivity contribution >= 4 is 51.6 Å². The number of piperidine rings is 1. The highest BCUT2D eigenvalue weighted by molar-refractivity contribution is 6.29. The number of nitrogens with one attached hydrogen (secondary N) is 1. The van der Waals surface area contributed by atoms with E-state index in [0.29, 0.717) is 50.4 Å². The minimum Gasteiger partial charge on any atom is -0.354 e. The van der Waals surface area contributed by atoms with Crippen LogP contribution in [0.3, 0.4) is 0 Å². The number of alkyl halides is 3. The van der Waals surface area contributed by atoms with Crippen LogP contribution in [0.5, 0.6) is 0 Å². The van der Waals surface area contributed by atoms with Gasteiger partial charge in [-0.3, -0.25) is 34.1 Å². The zero-order valence-electron chi connectivity index (χ0n) is 27.0. The van der Waals surface area contributed by atoms with Crippen molar-refractivity contribution in [3.63, 3.8) is 0 Å². The standard InChI is InChI=1S/C36H30ClF3N8O3/c37-29-19-47(20-41-29)35-42-28(36(38,39)40)17-30(43-35)46-14-12-45(13-15-46)18-22-6-4-21(5-7-22)16-23-8-9-26-32-24(23)2-1-3-25(32)34(51)48(26)27-10-11-31(49)44-33(27)50/h1-9,17,19-20,27H,10-16,18H2,(H,44,49,50). The molecule has 2 fully saturated rings. The van der Waals surface area contributed by atoms with Crippen LogP contribution in [0.25, 0.3) is 16.7 Å². The molecule has 3 aromatic carbocycles. The van der Waals surface area contributed by atoms with Gasteiger partial charge in [0.2, 0.25) is 17.8 Å². The Bertz CT molecular complexity index is 2200. The number of carbonyl (C=O) groups is 3. The lowest BCUT2D eigenvalue weighted by molar-refractivity contribution is -0.141. The van der Waals surface area contributed by atoms with Gasteiger partial charge in [-0.05, 0) is 47.1 Å². The first-order chi connectivity index (χ1) is 24.5. The quantitative estimate of drug-likeness (QED) is 0.230. The summed E-state index contributed by atoms with van der Waals surface area (Å²) in [5.41, 5.74) is 3.45. The van der Waals surface area contributed by atoms with E-state index in [1.54, 1.807) is 6.07 Å². The first-order valence-electron chi connectivity index (χ1n) is 16.4. The normalized spacial score (nSPS) is 18.2. The lowest BCUT2D eigenvalue weighted by Gasteiger charge is -2.35. The maximum atomic E-state index is 13.7. The zero-order valence-corrected chi connectivity index (χ0v) is 27.8. The molecule has 3 amide bonds. The molecule has 15 heteroatoms. The van der Waals surface area contributed by atoms with Gasteiger partial charge in [0.05, 0.1) is 11.9 Å². The second-order valence-corrected chi connectivity index (χ2v) is 13.3. The number of nitrogens with zero attached hydrogens (tertiary/aromatic N) is 7. The molecule has 0 radical (unpaired) electrons. The third kappa shape index (κ3) is 6.29. The lowest BCUT2D eigenvalue weighted by atomic mass is 9.95. The lowest BCUT2D eigenvalue weighted by Crippen LogP contribution is -2.53. The molecular formula is C36H30ClF3N8O3. The van der Waals surface area contributed by atoms with Crippen molar-refractivity contribution in [3.05, 3.63) is 106 Å². The van der Waals surface area contributed by atoms with Gasteiger partial charge in [0.15, 0.2) is 5.69 Å². The van der Waals surface area contributed by atoms with Gasteiger partial charge in [-0.25, -0.2) is 9.97 Å². The van der Waals surface area contributed by atoms with E-state index < -0.39 is 23.8 Å². The zero-order chi connectivity index (χ0) is 35.4. The first kappa shape index (κ1) is 32.8. The summed E-state index contributed by atoms with van der Waals surface area (Å²) in [5, 5.41) is 4.25. The number of hydrogen-bond donors (Lipinski definition) is 1. The Labute approximate surface area is 294 Å². The molecule has 0 spiro atoms. The van der Waals surface area contributed by atoms with E-state index >= 15 is 0 Å². The second-order valence-electron chi connectivity index (χ2n) is 12.9. The van der Waals surface area contributed by atoms with Crippen LogP contribution in [-0.2, 0) is 28.7 Å². The predicted molar refractivity (Wildman–Crippen MR) is 183 cm³/mol. The molecule has 1 atom stereocenters. The summed E-state index contributed by atoms with van der Waals surface area (Å²) in [6.45, 7) is 2.93. The molecule has 1 N–H and O–H groups in total. The summed E-state index contributed by atoms with van der Waals surface area (Å²) < 4.78 is 42.4. The summed E-state index contributed by atoms with van der Waals surface area (Å²) in [6.07, 6.45) is -0.904. The molecule has 0 bridgehead atoms. The highest BCUT2D eigenvalue weighted by atomic mass is 35.5. The maximum absolute atomic E-state index is 13.7. The Morgan fingerprint density at radius 2 is 1.69 bits per heavy atom. The third-order valence-electron chi connectivity index (χ3n) is 9.63. The number of piperazine rings is 1. The van der Waals surface area contributed by atoms with E-state index in [4.69, 9.17) is 11.6 Å². The van der Waals surface area contributed by atoms with Crippen LogP contribution in [0.4, 0.5) is 24.7 Å². The van der Waals surface area contributed by atoms with Crippen molar-refractivity contribution in [1.29, 1.82) is 0 Å². The molecule has 2 saturated heterocycles. The average Bonchev–Trinajstić information content (AvgIpc) is 3.68. The number of benzene rings is 3. The molecule has 51 heavy (non-hydrogen) atoms. The van der Waals surface area contributed by atoms with Gasteiger partial charge in [-0.15, -0.1) is 0 Å². The molecule has 5 heterocycles. The van der Waals surface area contributed by atoms with Gasteiger partial charge in [-0.2, -0.15) is 18.2 Å². The number of amides is 3. The molecule has 5 aromatic rings. The van der Waals surface area contributed by atoms with Crippen LogP contribution in [0.15, 0.2) is 73.2 Å². The van der Waals surface area contributed by atoms with Crippen molar-refractivity contribution < 1.29 is 27.6 Å². The Hall–Kier alpha value is -5.34. The molecule has 0 saturated carbocycles. The Morgan fingerprint density at radius 1 is 0.922 bits per heavy atom. The van der Waals surface area contributed by atoms with Gasteiger partial charge in [0.25, 0.3) is 5.91 Å². The van der Waals surface area contributed by atoms with Crippen LogP contribution >= 0.6 is 11.6 Å². The van der Waals surface area contributed by atoms with Crippen LogP contribution < -0.4 is 15.1 Å². The van der Waals surface area contributed by atoms with E-state index in [2.05, 4.69) is 49.4 Å². The van der Waals surface area contributed by atoms with E-state index in [9.17, 15) is 27.6 Å². The Balaban J connectivity index is 0.935. The van der Waals surface area contributed by atoms with Crippen molar-refractivity contribution in [1.82, 2.24) is 29.7 Å². The largest absolute Gasteiger partial charge is 0.433 e. The molecule has 2 aromatic heterocycles. The van der Waals surface area contributed by atoms with Gasteiger partial charge in [-0.1, -0.05) is 54.1 Å². The Kier molecular flexibility index (Phi) is 8.22. The Morgan fingerprint density at radius 3 is 2.39 bits per heavy atom.